The number of hydrogen-bond donors (Lipinski definition) is 2. The van der Waals surface area contributed by atoms with E-state index in [-0.39, 0.29) is 0 Å². The lowest BCUT2D eigenvalue weighted by molar-refractivity contribution is 0.0699. The lowest BCUT2D eigenvalue weighted by Gasteiger charge is -2.10. The minimum atomic E-state index is -0.924. The van der Waals surface area contributed by atoms with Crippen molar-refractivity contribution in [2.24, 2.45) is 5.73 Å². The molecule has 4 nitrogen and oxygen atoms in total. The summed E-state index contributed by atoms with van der Waals surface area (Å²) in [7, 11) is 0. The minimum Gasteiger partial charge on any atom is -0.478 e. The van der Waals surface area contributed by atoms with Crippen LogP contribution in [0, 0.1) is 0 Å². The van der Waals surface area contributed by atoms with Crippen LogP contribution in [0.15, 0.2) is 24.3 Å². The van der Waals surface area contributed by atoms with Gasteiger partial charge in [0.2, 0.25) is 0 Å². The van der Waals surface area contributed by atoms with Gasteiger partial charge in [-0.3, -0.25) is 4.98 Å². The number of nitrogens with two attached hydrogens (primary N) is 1. The SMILES string of the molecule is CC(C)c1ccc2nc(CCN)cc(C(=O)O)c2c1. The zero-order valence-corrected chi connectivity index (χ0v) is 11.2. The van der Waals surface area contributed by atoms with Crippen LogP contribution in [0.4, 0.5) is 0 Å². The fourth-order valence-electron chi connectivity index (χ4n) is 2.11. The molecule has 0 aliphatic heterocycles. The zero-order valence-electron chi connectivity index (χ0n) is 11.2. The number of pyridine rings is 1. The smallest absolute Gasteiger partial charge is 0.336 e. The predicted molar refractivity (Wildman–Crippen MR) is 75.5 cm³/mol. The summed E-state index contributed by atoms with van der Waals surface area (Å²) in [6.45, 7) is 4.62. The first-order chi connectivity index (χ1) is 9.02. The maximum atomic E-state index is 11.4. The molecule has 0 fully saturated rings. The molecule has 0 atom stereocenters. The molecule has 0 saturated carbocycles. The third-order valence-corrected chi connectivity index (χ3v) is 3.18. The second kappa shape index (κ2) is 5.36. The summed E-state index contributed by atoms with van der Waals surface area (Å²) in [5.74, 6) is -0.568. The summed E-state index contributed by atoms with van der Waals surface area (Å²) in [5, 5.41) is 10.0. The highest BCUT2D eigenvalue weighted by molar-refractivity contribution is 6.02. The summed E-state index contributed by atoms with van der Waals surface area (Å²) in [6, 6.07) is 7.43. The van der Waals surface area contributed by atoms with Crippen molar-refractivity contribution in [1.82, 2.24) is 4.98 Å². The Hall–Kier alpha value is -1.94. The third kappa shape index (κ3) is 2.74. The number of rotatable bonds is 4. The van der Waals surface area contributed by atoms with E-state index in [2.05, 4.69) is 18.8 Å². The van der Waals surface area contributed by atoms with Gasteiger partial charge in [-0.25, -0.2) is 4.79 Å². The van der Waals surface area contributed by atoms with Crippen LogP contribution < -0.4 is 5.73 Å². The maximum absolute atomic E-state index is 11.4. The summed E-state index contributed by atoms with van der Waals surface area (Å²) in [4.78, 5) is 15.9. The van der Waals surface area contributed by atoms with Crippen LogP contribution in [0.25, 0.3) is 10.9 Å². The van der Waals surface area contributed by atoms with Gasteiger partial charge in [-0.05, 0) is 36.2 Å². The Morgan fingerprint density at radius 2 is 2.11 bits per heavy atom. The summed E-state index contributed by atoms with van der Waals surface area (Å²) < 4.78 is 0. The number of fused-ring (bicyclic) bond motifs is 1. The molecule has 2 aromatic rings. The first-order valence-corrected chi connectivity index (χ1v) is 6.40. The Kier molecular flexibility index (Phi) is 3.81. The fourth-order valence-corrected chi connectivity index (χ4v) is 2.11. The number of carbonyl (C=O) groups is 1. The van der Waals surface area contributed by atoms with E-state index >= 15 is 0 Å². The van der Waals surface area contributed by atoms with Gasteiger partial charge >= 0.3 is 5.97 Å². The van der Waals surface area contributed by atoms with Crippen molar-refractivity contribution in [3.8, 4) is 0 Å². The van der Waals surface area contributed by atoms with Gasteiger partial charge in [-0.15, -0.1) is 0 Å². The molecule has 4 heteroatoms. The van der Waals surface area contributed by atoms with Crippen molar-refractivity contribution in [1.29, 1.82) is 0 Å². The van der Waals surface area contributed by atoms with Crippen molar-refractivity contribution in [2.45, 2.75) is 26.2 Å². The molecule has 0 bridgehead atoms. The van der Waals surface area contributed by atoms with Crippen LogP contribution in [-0.2, 0) is 6.42 Å². The number of carboxylic acid groups (broad SMARTS) is 1. The van der Waals surface area contributed by atoms with Crippen molar-refractivity contribution >= 4 is 16.9 Å². The lowest BCUT2D eigenvalue weighted by Crippen LogP contribution is -2.07. The molecule has 2 rings (SSSR count). The normalized spacial score (nSPS) is 11.2. The van der Waals surface area contributed by atoms with E-state index in [9.17, 15) is 9.90 Å². The largest absolute Gasteiger partial charge is 0.478 e. The lowest BCUT2D eigenvalue weighted by atomic mass is 9.98. The third-order valence-electron chi connectivity index (χ3n) is 3.18. The predicted octanol–water partition coefficient (Wildman–Crippen LogP) is 2.56. The molecular formula is C15H18N2O2. The van der Waals surface area contributed by atoms with E-state index in [4.69, 9.17) is 5.73 Å². The van der Waals surface area contributed by atoms with E-state index in [0.717, 1.165) is 11.3 Å². The highest BCUT2D eigenvalue weighted by Crippen LogP contribution is 2.24. The van der Waals surface area contributed by atoms with Crippen LogP contribution >= 0.6 is 0 Å². The Morgan fingerprint density at radius 3 is 2.68 bits per heavy atom. The van der Waals surface area contributed by atoms with Crippen molar-refractivity contribution in [3.63, 3.8) is 0 Å². The molecule has 0 aliphatic carbocycles. The molecular weight excluding hydrogens is 240 g/mol. The summed E-state index contributed by atoms with van der Waals surface area (Å²) in [6.07, 6.45) is 0.585. The molecule has 0 unspecified atom stereocenters. The molecule has 100 valence electrons. The monoisotopic (exact) mass is 258 g/mol. The average molecular weight is 258 g/mol. The highest BCUT2D eigenvalue weighted by atomic mass is 16.4. The fraction of sp³-hybridized carbons (Fsp3) is 0.333. The van der Waals surface area contributed by atoms with Gasteiger partial charge in [0.15, 0.2) is 0 Å². The van der Waals surface area contributed by atoms with Crippen LogP contribution in [0.3, 0.4) is 0 Å². The first kappa shape index (κ1) is 13.5. The second-order valence-electron chi connectivity index (χ2n) is 4.94. The molecule has 1 aromatic heterocycles. The number of aromatic carboxylic acids is 1. The van der Waals surface area contributed by atoms with Crippen molar-refractivity contribution < 1.29 is 9.90 Å². The zero-order chi connectivity index (χ0) is 14.0. The molecule has 19 heavy (non-hydrogen) atoms. The van der Waals surface area contributed by atoms with E-state index in [0.29, 0.717) is 35.3 Å². The van der Waals surface area contributed by atoms with Gasteiger partial charge in [0.05, 0.1) is 11.1 Å². The summed E-state index contributed by atoms with van der Waals surface area (Å²) >= 11 is 0. The van der Waals surface area contributed by atoms with Gasteiger partial charge in [0, 0.05) is 17.5 Å². The van der Waals surface area contributed by atoms with Crippen LogP contribution in [0.5, 0.6) is 0 Å². The van der Waals surface area contributed by atoms with Gasteiger partial charge in [0.25, 0.3) is 0 Å². The Morgan fingerprint density at radius 1 is 1.37 bits per heavy atom. The van der Waals surface area contributed by atoms with Crippen LogP contribution in [0.1, 0.15) is 41.4 Å². The molecule has 0 amide bonds. The van der Waals surface area contributed by atoms with Crippen LogP contribution in [-0.4, -0.2) is 22.6 Å². The molecule has 0 saturated heterocycles. The van der Waals surface area contributed by atoms with E-state index in [1.54, 1.807) is 6.07 Å². The molecule has 1 heterocycles. The van der Waals surface area contributed by atoms with Gasteiger partial charge in [0.1, 0.15) is 0 Å². The molecule has 1 aromatic carbocycles. The Labute approximate surface area is 112 Å². The van der Waals surface area contributed by atoms with Crippen molar-refractivity contribution in [3.05, 3.63) is 41.1 Å². The quantitative estimate of drug-likeness (QED) is 0.883. The average Bonchev–Trinajstić information content (AvgIpc) is 2.37. The molecule has 0 spiro atoms. The minimum absolute atomic E-state index is 0.302. The number of benzene rings is 1. The van der Waals surface area contributed by atoms with E-state index < -0.39 is 5.97 Å². The van der Waals surface area contributed by atoms with E-state index in [1.807, 2.05) is 18.2 Å². The number of carboxylic acids is 1. The summed E-state index contributed by atoms with van der Waals surface area (Å²) in [5.41, 5.74) is 8.37. The maximum Gasteiger partial charge on any atom is 0.336 e. The number of nitrogens with zero attached hydrogens (tertiary/aromatic N) is 1. The number of aromatic nitrogens is 1. The van der Waals surface area contributed by atoms with E-state index in [1.165, 1.54) is 0 Å². The Bertz CT molecular complexity index is 621. The second-order valence-corrected chi connectivity index (χ2v) is 4.94. The molecule has 0 radical (unpaired) electrons. The molecule has 0 aliphatic rings. The van der Waals surface area contributed by atoms with Crippen molar-refractivity contribution in [2.75, 3.05) is 6.54 Å². The van der Waals surface area contributed by atoms with Gasteiger partial charge < -0.3 is 10.8 Å². The van der Waals surface area contributed by atoms with Crippen LogP contribution in [0.2, 0.25) is 0 Å². The Balaban J connectivity index is 2.68. The standard InChI is InChI=1S/C15H18N2O2/c1-9(2)10-3-4-14-12(7-10)13(15(18)19)8-11(17-14)5-6-16/h3-4,7-9H,5-6,16H2,1-2H3,(H,18,19). The first-order valence-electron chi connectivity index (χ1n) is 6.40. The highest BCUT2D eigenvalue weighted by Gasteiger charge is 2.13. The van der Waals surface area contributed by atoms with Gasteiger partial charge in [-0.2, -0.15) is 0 Å². The van der Waals surface area contributed by atoms with Gasteiger partial charge in [-0.1, -0.05) is 19.9 Å². The number of hydrogen-bond acceptors (Lipinski definition) is 3. The topological polar surface area (TPSA) is 76.2 Å². The molecule has 3 N–H and O–H groups in total.